The monoisotopic (exact) mass is 384 g/mol. The average molecular weight is 384 g/mol. The fourth-order valence-corrected chi connectivity index (χ4v) is 2.55. The number of carbonyl (C=O) groups excluding carboxylic acids is 2. The van der Waals surface area contributed by atoms with Crippen LogP contribution in [0.5, 0.6) is 11.5 Å². The maximum Gasteiger partial charge on any atom is 0.259 e. The lowest BCUT2D eigenvalue weighted by atomic mass is 9.84. The van der Waals surface area contributed by atoms with Crippen molar-refractivity contribution in [1.82, 2.24) is 10.2 Å². The van der Waals surface area contributed by atoms with Crippen molar-refractivity contribution < 1.29 is 19.1 Å². The smallest absolute Gasteiger partial charge is 0.259 e. The number of rotatable bonds is 8. The minimum Gasteiger partial charge on any atom is -0.497 e. The van der Waals surface area contributed by atoms with E-state index in [4.69, 9.17) is 9.47 Å². The Kier molecular flexibility index (Phi) is 7.04. The van der Waals surface area contributed by atoms with Crippen molar-refractivity contribution in [3.63, 3.8) is 0 Å². The SMILES string of the molecule is COc1ccc(C(C)(C)CNC(=O)c2cccc(OCC(=O)N(C)C)c2)cc1. The zero-order valence-electron chi connectivity index (χ0n) is 17.1. The third-order valence-corrected chi connectivity index (χ3v) is 4.52. The van der Waals surface area contributed by atoms with E-state index in [1.165, 1.54) is 4.90 Å². The lowest BCUT2D eigenvalue weighted by Gasteiger charge is -2.26. The van der Waals surface area contributed by atoms with Gasteiger partial charge in [0.15, 0.2) is 6.61 Å². The third-order valence-electron chi connectivity index (χ3n) is 4.52. The molecule has 0 saturated carbocycles. The first kappa shape index (κ1) is 21.3. The lowest BCUT2D eigenvalue weighted by molar-refractivity contribution is -0.130. The Balaban J connectivity index is 1.98. The predicted molar refractivity (Wildman–Crippen MR) is 109 cm³/mol. The van der Waals surface area contributed by atoms with E-state index in [9.17, 15) is 9.59 Å². The second kappa shape index (κ2) is 9.26. The maximum atomic E-state index is 12.6. The summed E-state index contributed by atoms with van der Waals surface area (Å²) in [4.78, 5) is 25.7. The van der Waals surface area contributed by atoms with Crippen LogP contribution in [-0.2, 0) is 10.2 Å². The Morgan fingerprint density at radius 1 is 1.04 bits per heavy atom. The van der Waals surface area contributed by atoms with Crippen molar-refractivity contribution in [3.05, 3.63) is 59.7 Å². The van der Waals surface area contributed by atoms with Gasteiger partial charge in [-0.15, -0.1) is 0 Å². The molecule has 0 heterocycles. The lowest BCUT2D eigenvalue weighted by Crippen LogP contribution is -2.36. The second-order valence-electron chi connectivity index (χ2n) is 7.40. The molecule has 2 aromatic carbocycles. The molecule has 6 nitrogen and oxygen atoms in total. The number of benzene rings is 2. The summed E-state index contributed by atoms with van der Waals surface area (Å²) in [6, 6.07) is 14.6. The van der Waals surface area contributed by atoms with Crippen LogP contribution in [0, 0.1) is 0 Å². The molecule has 0 aromatic heterocycles. The highest BCUT2D eigenvalue weighted by atomic mass is 16.5. The van der Waals surface area contributed by atoms with Crippen LogP contribution in [0.1, 0.15) is 29.8 Å². The Morgan fingerprint density at radius 3 is 2.32 bits per heavy atom. The Labute approximate surface area is 166 Å². The second-order valence-corrected chi connectivity index (χ2v) is 7.40. The van der Waals surface area contributed by atoms with Crippen molar-refractivity contribution in [1.29, 1.82) is 0 Å². The molecule has 0 aliphatic heterocycles. The van der Waals surface area contributed by atoms with Gasteiger partial charge < -0.3 is 19.7 Å². The van der Waals surface area contributed by atoms with Gasteiger partial charge in [-0.05, 0) is 35.9 Å². The first-order chi connectivity index (χ1) is 13.2. The number of nitrogens with zero attached hydrogens (tertiary/aromatic N) is 1. The number of methoxy groups -OCH3 is 1. The number of amides is 2. The summed E-state index contributed by atoms with van der Waals surface area (Å²) in [5.74, 6) is 0.951. The molecule has 28 heavy (non-hydrogen) atoms. The van der Waals surface area contributed by atoms with Crippen LogP contribution in [0.15, 0.2) is 48.5 Å². The zero-order chi connectivity index (χ0) is 20.7. The highest BCUT2D eigenvalue weighted by Gasteiger charge is 2.22. The first-order valence-corrected chi connectivity index (χ1v) is 9.08. The fourth-order valence-electron chi connectivity index (χ4n) is 2.55. The summed E-state index contributed by atoms with van der Waals surface area (Å²) in [6.07, 6.45) is 0. The van der Waals surface area contributed by atoms with Crippen LogP contribution in [-0.4, -0.2) is 51.1 Å². The molecule has 0 saturated heterocycles. The molecule has 0 aliphatic rings. The van der Waals surface area contributed by atoms with Gasteiger partial charge in [-0.1, -0.05) is 32.0 Å². The highest BCUT2D eigenvalue weighted by molar-refractivity contribution is 5.94. The number of hydrogen-bond acceptors (Lipinski definition) is 4. The highest BCUT2D eigenvalue weighted by Crippen LogP contribution is 2.24. The molecule has 0 spiro atoms. The molecule has 2 amide bonds. The van der Waals surface area contributed by atoms with Gasteiger partial charge in [0.2, 0.25) is 0 Å². The van der Waals surface area contributed by atoms with Crippen LogP contribution < -0.4 is 14.8 Å². The van der Waals surface area contributed by atoms with Gasteiger partial charge in [-0.2, -0.15) is 0 Å². The maximum absolute atomic E-state index is 12.6. The number of carbonyl (C=O) groups is 2. The van der Waals surface area contributed by atoms with Crippen molar-refractivity contribution in [2.24, 2.45) is 0 Å². The van der Waals surface area contributed by atoms with Gasteiger partial charge in [-0.25, -0.2) is 0 Å². The van der Waals surface area contributed by atoms with Crippen LogP contribution >= 0.6 is 0 Å². The minimum absolute atomic E-state index is 0.0669. The molecule has 0 fully saturated rings. The summed E-state index contributed by atoms with van der Waals surface area (Å²) in [6.45, 7) is 4.55. The average Bonchev–Trinajstić information content (AvgIpc) is 2.70. The summed E-state index contributed by atoms with van der Waals surface area (Å²) in [5.41, 5.74) is 1.35. The Morgan fingerprint density at radius 2 is 1.71 bits per heavy atom. The molecule has 150 valence electrons. The summed E-state index contributed by atoms with van der Waals surface area (Å²) in [5, 5.41) is 2.98. The standard InChI is InChI=1S/C22H28N2O4/c1-22(2,17-9-11-18(27-5)12-10-17)15-23-21(26)16-7-6-8-19(13-16)28-14-20(25)24(3)4/h6-13H,14-15H2,1-5H3,(H,23,26). The predicted octanol–water partition coefficient (Wildman–Crippen LogP) is 2.87. The fraction of sp³-hybridized carbons (Fsp3) is 0.364. The van der Waals surface area contributed by atoms with Gasteiger partial charge in [0.1, 0.15) is 11.5 Å². The molecule has 2 rings (SSSR count). The normalized spacial score (nSPS) is 10.9. The molecule has 1 N–H and O–H groups in total. The van der Waals surface area contributed by atoms with Crippen molar-refractivity contribution in [2.75, 3.05) is 34.4 Å². The molecule has 0 atom stereocenters. The Hall–Kier alpha value is -3.02. The molecule has 0 bridgehead atoms. The van der Waals surface area contributed by atoms with E-state index in [2.05, 4.69) is 19.2 Å². The molecule has 0 radical (unpaired) electrons. The van der Waals surface area contributed by atoms with Crippen LogP contribution in [0.3, 0.4) is 0 Å². The molecule has 0 aliphatic carbocycles. The van der Waals surface area contributed by atoms with Gasteiger partial charge in [0.05, 0.1) is 7.11 Å². The largest absolute Gasteiger partial charge is 0.497 e. The zero-order valence-corrected chi connectivity index (χ0v) is 17.1. The van der Waals surface area contributed by atoms with E-state index in [1.807, 2.05) is 24.3 Å². The topological polar surface area (TPSA) is 67.9 Å². The molecular weight excluding hydrogens is 356 g/mol. The van der Waals surface area contributed by atoms with Crippen molar-refractivity contribution in [3.8, 4) is 11.5 Å². The Bertz CT molecular complexity index is 814. The molecule has 6 heteroatoms. The van der Waals surface area contributed by atoms with E-state index in [0.29, 0.717) is 17.9 Å². The van der Waals surface area contributed by atoms with E-state index in [-0.39, 0.29) is 23.8 Å². The van der Waals surface area contributed by atoms with E-state index >= 15 is 0 Å². The minimum atomic E-state index is -0.242. The van der Waals surface area contributed by atoms with Gasteiger partial charge in [-0.3, -0.25) is 9.59 Å². The van der Waals surface area contributed by atoms with E-state index in [1.54, 1.807) is 45.5 Å². The number of likely N-dealkylation sites (N-methyl/N-ethyl adjacent to an activating group) is 1. The summed E-state index contributed by atoms with van der Waals surface area (Å²) < 4.78 is 10.7. The summed E-state index contributed by atoms with van der Waals surface area (Å²) >= 11 is 0. The first-order valence-electron chi connectivity index (χ1n) is 9.08. The number of hydrogen-bond donors (Lipinski definition) is 1. The van der Waals surface area contributed by atoms with E-state index in [0.717, 1.165) is 11.3 Å². The van der Waals surface area contributed by atoms with E-state index < -0.39 is 0 Å². The van der Waals surface area contributed by atoms with Crippen LogP contribution in [0.25, 0.3) is 0 Å². The van der Waals surface area contributed by atoms with Crippen LogP contribution in [0.2, 0.25) is 0 Å². The van der Waals surface area contributed by atoms with Gasteiger partial charge >= 0.3 is 0 Å². The van der Waals surface area contributed by atoms with Crippen molar-refractivity contribution in [2.45, 2.75) is 19.3 Å². The number of nitrogens with one attached hydrogen (secondary N) is 1. The number of ether oxygens (including phenoxy) is 2. The third kappa shape index (κ3) is 5.74. The molecule has 0 unspecified atom stereocenters. The quantitative estimate of drug-likeness (QED) is 0.760. The van der Waals surface area contributed by atoms with Gasteiger partial charge in [0, 0.05) is 31.6 Å². The van der Waals surface area contributed by atoms with Crippen molar-refractivity contribution >= 4 is 11.8 Å². The molecule has 2 aromatic rings. The summed E-state index contributed by atoms with van der Waals surface area (Å²) in [7, 11) is 4.97. The van der Waals surface area contributed by atoms with Gasteiger partial charge in [0.25, 0.3) is 11.8 Å². The van der Waals surface area contributed by atoms with Crippen LogP contribution in [0.4, 0.5) is 0 Å². The molecular formula is C22H28N2O4.